The van der Waals surface area contributed by atoms with Crippen molar-refractivity contribution < 1.29 is 9.53 Å². The number of carbonyl (C=O) groups is 1. The molecule has 1 aromatic carbocycles. The minimum absolute atomic E-state index is 0.318. The smallest absolute Gasteiger partial charge is 0.249 e. The van der Waals surface area contributed by atoms with Gasteiger partial charge in [-0.2, -0.15) is 0 Å². The van der Waals surface area contributed by atoms with Crippen molar-refractivity contribution in [2.75, 3.05) is 50.8 Å². The standard InChI is InChI=1S/C16H23N3O2/c17-16(20)14-3-1-5-15-13(14)4-2-6-19(15)8-7-18-9-11-21-12-10-18/h1,3,5H,2,4,6-12H2,(H2,17,20). The number of carbonyl (C=O) groups excluding carboxylic acids is 1. The zero-order valence-electron chi connectivity index (χ0n) is 12.4. The van der Waals surface area contributed by atoms with Crippen molar-refractivity contribution >= 4 is 11.6 Å². The zero-order valence-corrected chi connectivity index (χ0v) is 12.4. The lowest BCUT2D eigenvalue weighted by atomic mass is 9.96. The Kier molecular flexibility index (Phi) is 4.41. The van der Waals surface area contributed by atoms with Gasteiger partial charge in [0, 0.05) is 44.0 Å². The van der Waals surface area contributed by atoms with Crippen molar-refractivity contribution in [3.63, 3.8) is 0 Å². The van der Waals surface area contributed by atoms with E-state index in [9.17, 15) is 4.79 Å². The summed E-state index contributed by atoms with van der Waals surface area (Å²) in [6.07, 6.45) is 2.03. The molecule has 3 rings (SSSR count). The molecule has 5 heteroatoms. The highest BCUT2D eigenvalue weighted by molar-refractivity contribution is 5.96. The van der Waals surface area contributed by atoms with Gasteiger partial charge in [0.25, 0.3) is 0 Å². The Labute approximate surface area is 125 Å². The zero-order chi connectivity index (χ0) is 14.7. The van der Waals surface area contributed by atoms with Crippen molar-refractivity contribution in [3.8, 4) is 0 Å². The lowest BCUT2D eigenvalue weighted by Gasteiger charge is -2.35. The molecule has 0 unspecified atom stereocenters. The molecule has 2 aliphatic heterocycles. The van der Waals surface area contributed by atoms with Gasteiger partial charge in [-0.05, 0) is 30.5 Å². The van der Waals surface area contributed by atoms with Crippen LogP contribution >= 0.6 is 0 Å². The number of anilines is 1. The van der Waals surface area contributed by atoms with Gasteiger partial charge in [0.1, 0.15) is 0 Å². The summed E-state index contributed by atoms with van der Waals surface area (Å²) in [5.74, 6) is -0.318. The molecule has 2 heterocycles. The third kappa shape index (κ3) is 3.19. The van der Waals surface area contributed by atoms with E-state index in [1.807, 2.05) is 12.1 Å². The first-order valence-corrected chi connectivity index (χ1v) is 7.72. The molecule has 0 saturated carbocycles. The second-order valence-electron chi connectivity index (χ2n) is 5.71. The predicted octanol–water partition coefficient (Wildman–Crippen LogP) is 0.870. The number of nitrogens with two attached hydrogens (primary N) is 1. The van der Waals surface area contributed by atoms with E-state index in [1.165, 1.54) is 5.69 Å². The maximum Gasteiger partial charge on any atom is 0.249 e. The minimum Gasteiger partial charge on any atom is -0.379 e. The van der Waals surface area contributed by atoms with Crippen molar-refractivity contribution in [3.05, 3.63) is 29.3 Å². The van der Waals surface area contributed by atoms with E-state index in [4.69, 9.17) is 10.5 Å². The Morgan fingerprint density at radius 2 is 2.00 bits per heavy atom. The summed E-state index contributed by atoms with van der Waals surface area (Å²) >= 11 is 0. The maximum absolute atomic E-state index is 11.6. The molecule has 0 aromatic heterocycles. The van der Waals surface area contributed by atoms with Crippen LogP contribution in [0.1, 0.15) is 22.3 Å². The number of morpholine rings is 1. The molecular weight excluding hydrogens is 266 g/mol. The number of nitrogens with zero attached hydrogens (tertiary/aromatic N) is 2. The number of ether oxygens (including phenoxy) is 1. The van der Waals surface area contributed by atoms with Crippen LogP contribution in [-0.4, -0.2) is 56.7 Å². The van der Waals surface area contributed by atoms with E-state index in [-0.39, 0.29) is 5.91 Å². The Bertz CT molecular complexity index is 512. The fourth-order valence-corrected chi connectivity index (χ4v) is 3.25. The van der Waals surface area contributed by atoms with Crippen LogP contribution in [0.2, 0.25) is 0 Å². The SMILES string of the molecule is NC(=O)c1cccc2c1CCCN2CCN1CCOCC1. The van der Waals surface area contributed by atoms with E-state index in [2.05, 4.69) is 15.9 Å². The highest BCUT2D eigenvalue weighted by Crippen LogP contribution is 2.29. The molecule has 0 radical (unpaired) electrons. The van der Waals surface area contributed by atoms with Crippen LogP contribution in [0, 0.1) is 0 Å². The number of amides is 1. The number of rotatable bonds is 4. The van der Waals surface area contributed by atoms with Crippen LogP contribution in [-0.2, 0) is 11.2 Å². The van der Waals surface area contributed by atoms with Crippen LogP contribution in [0.15, 0.2) is 18.2 Å². The van der Waals surface area contributed by atoms with Crippen LogP contribution < -0.4 is 10.6 Å². The van der Waals surface area contributed by atoms with Crippen molar-refractivity contribution in [2.45, 2.75) is 12.8 Å². The minimum atomic E-state index is -0.318. The number of hydrogen-bond acceptors (Lipinski definition) is 4. The van der Waals surface area contributed by atoms with Gasteiger partial charge < -0.3 is 15.4 Å². The Balaban J connectivity index is 1.71. The van der Waals surface area contributed by atoms with Gasteiger partial charge in [-0.1, -0.05) is 6.07 Å². The van der Waals surface area contributed by atoms with Crippen LogP contribution in [0.4, 0.5) is 5.69 Å². The van der Waals surface area contributed by atoms with Crippen LogP contribution in [0.25, 0.3) is 0 Å². The summed E-state index contributed by atoms with van der Waals surface area (Å²) in [6.45, 7) is 6.80. The average molecular weight is 289 g/mol. The highest BCUT2D eigenvalue weighted by Gasteiger charge is 2.21. The normalized spacial score (nSPS) is 19.3. The van der Waals surface area contributed by atoms with E-state index in [0.717, 1.165) is 64.3 Å². The van der Waals surface area contributed by atoms with E-state index >= 15 is 0 Å². The van der Waals surface area contributed by atoms with Gasteiger partial charge in [0.2, 0.25) is 5.91 Å². The second kappa shape index (κ2) is 6.45. The molecule has 0 atom stereocenters. The molecule has 2 aliphatic rings. The van der Waals surface area contributed by atoms with Gasteiger partial charge >= 0.3 is 0 Å². The number of primary amides is 1. The Morgan fingerprint density at radius 3 is 2.76 bits per heavy atom. The lowest BCUT2D eigenvalue weighted by Crippen LogP contribution is -2.42. The molecule has 1 fully saturated rings. The summed E-state index contributed by atoms with van der Waals surface area (Å²) in [7, 11) is 0. The quantitative estimate of drug-likeness (QED) is 0.893. The maximum atomic E-state index is 11.6. The van der Waals surface area contributed by atoms with Gasteiger partial charge in [0.15, 0.2) is 0 Å². The first kappa shape index (κ1) is 14.4. The molecule has 2 N–H and O–H groups in total. The number of hydrogen-bond donors (Lipinski definition) is 1. The van der Waals surface area contributed by atoms with Crippen LogP contribution in [0.5, 0.6) is 0 Å². The first-order chi connectivity index (χ1) is 10.3. The molecule has 0 bridgehead atoms. The molecule has 1 saturated heterocycles. The van der Waals surface area contributed by atoms with E-state index in [1.54, 1.807) is 0 Å². The van der Waals surface area contributed by atoms with Gasteiger partial charge in [0.05, 0.1) is 13.2 Å². The third-order valence-electron chi connectivity index (χ3n) is 4.40. The first-order valence-electron chi connectivity index (χ1n) is 7.72. The Morgan fingerprint density at radius 1 is 1.19 bits per heavy atom. The molecule has 21 heavy (non-hydrogen) atoms. The highest BCUT2D eigenvalue weighted by atomic mass is 16.5. The van der Waals surface area contributed by atoms with Crippen LogP contribution in [0.3, 0.4) is 0 Å². The molecule has 1 aromatic rings. The molecule has 1 amide bonds. The van der Waals surface area contributed by atoms with Gasteiger partial charge in [-0.15, -0.1) is 0 Å². The Hall–Kier alpha value is -1.59. The molecule has 114 valence electrons. The topological polar surface area (TPSA) is 58.8 Å². The molecule has 0 spiro atoms. The second-order valence-corrected chi connectivity index (χ2v) is 5.71. The van der Waals surface area contributed by atoms with Crippen molar-refractivity contribution in [2.24, 2.45) is 5.73 Å². The number of fused-ring (bicyclic) bond motifs is 1. The summed E-state index contributed by atoms with van der Waals surface area (Å²) in [5.41, 5.74) is 8.49. The average Bonchev–Trinajstić information content (AvgIpc) is 2.53. The largest absolute Gasteiger partial charge is 0.379 e. The third-order valence-corrected chi connectivity index (χ3v) is 4.40. The van der Waals surface area contributed by atoms with Gasteiger partial charge in [-0.25, -0.2) is 0 Å². The number of benzene rings is 1. The van der Waals surface area contributed by atoms with Gasteiger partial charge in [-0.3, -0.25) is 9.69 Å². The molecule has 0 aliphatic carbocycles. The summed E-state index contributed by atoms with van der Waals surface area (Å²) < 4.78 is 5.38. The summed E-state index contributed by atoms with van der Waals surface area (Å²) in [4.78, 5) is 16.4. The van der Waals surface area contributed by atoms with Crippen molar-refractivity contribution in [1.82, 2.24) is 4.90 Å². The molecular formula is C16H23N3O2. The lowest BCUT2D eigenvalue weighted by molar-refractivity contribution is 0.0391. The summed E-state index contributed by atoms with van der Waals surface area (Å²) in [5, 5.41) is 0. The predicted molar refractivity (Wildman–Crippen MR) is 82.8 cm³/mol. The fourth-order valence-electron chi connectivity index (χ4n) is 3.25. The van der Waals surface area contributed by atoms with E-state index in [0.29, 0.717) is 5.56 Å². The van der Waals surface area contributed by atoms with E-state index < -0.39 is 0 Å². The fraction of sp³-hybridized carbons (Fsp3) is 0.562. The van der Waals surface area contributed by atoms with Crippen molar-refractivity contribution in [1.29, 1.82) is 0 Å². The summed E-state index contributed by atoms with van der Waals surface area (Å²) in [6, 6.07) is 5.89. The monoisotopic (exact) mass is 289 g/mol. The molecule has 5 nitrogen and oxygen atoms in total.